The number of amides is 1. The molecule has 0 radical (unpaired) electrons. The van der Waals surface area contributed by atoms with Crippen molar-refractivity contribution in [1.82, 2.24) is 4.90 Å². The van der Waals surface area contributed by atoms with Crippen molar-refractivity contribution >= 4 is 17.5 Å². The van der Waals surface area contributed by atoms with Crippen molar-refractivity contribution in [1.29, 1.82) is 0 Å². The van der Waals surface area contributed by atoms with E-state index >= 15 is 0 Å². The summed E-state index contributed by atoms with van der Waals surface area (Å²) in [7, 11) is 0. The second-order valence-electron chi connectivity index (χ2n) is 4.25. The number of carbonyl (C=O) groups is 1. The second-order valence-corrected chi connectivity index (χ2v) is 4.68. The lowest BCUT2D eigenvalue weighted by atomic mass is 10.3. The molecule has 1 aromatic carbocycles. The maximum absolute atomic E-state index is 12.0. The maximum atomic E-state index is 12.0. The molecule has 0 aromatic heterocycles. The van der Waals surface area contributed by atoms with Gasteiger partial charge in [0, 0.05) is 18.1 Å². The second kappa shape index (κ2) is 5.41. The Morgan fingerprint density at radius 2 is 1.88 bits per heavy atom. The van der Waals surface area contributed by atoms with E-state index in [-0.39, 0.29) is 5.91 Å². The average molecular weight is 254 g/mol. The van der Waals surface area contributed by atoms with Crippen molar-refractivity contribution in [2.24, 2.45) is 0 Å². The molecule has 0 N–H and O–H groups in total. The highest BCUT2D eigenvalue weighted by Crippen LogP contribution is 2.18. The lowest BCUT2D eigenvalue weighted by molar-refractivity contribution is -0.136. The Bertz CT molecular complexity index is 385. The van der Waals surface area contributed by atoms with E-state index in [2.05, 4.69) is 0 Å². The van der Waals surface area contributed by atoms with Crippen molar-refractivity contribution in [2.45, 2.75) is 25.9 Å². The number of nitrogens with zero attached hydrogens (tertiary/aromatic N) is 1. The van der Waals surface area contributed by atoms with E-state index < -0.39 is 6.10 Å². The molecule has 1 aromatic rings. The highest BCUT2D eigenvalue weighted by molar-refractivity contribution is 6.30. The van der Waals surface area contributed by atoms with Gasteiger partial charge in [-0.25, -0.2) is 0 Å². The fourth-order valence-electron chi connectivity index (χ4n) is 1.96. The summed E-state index contributed by atoms with van der Waals surface area (Å²) < 4.78 is 5.59. The van der Waals surface area contributed by atoms with Crippen LogP contribution in [-0.4, -0.2) is 30.0 Å². The third-order valence-corrected chi connectivity index (χ3v) is 3.14. The standard InChI is InChI=1S/C13H16ClNO2/c1-10(13(16)15-8-2-3-9-15)17-12-6-4-11(14)5-7-12/h4-7,10H,2-3,8-9H2,1H3/t10-/m1/s1. The molecule has 0 unspecified atom stereocenters. The number of rotatable bonds is 3. The quantitative estimate of drug-likeness (QED) is 0.829. The van der Waals surface area contributed by atoms with Crippen LogP contribution in [0, 0.1) is 0 Å². The summed E-state index contributed by atoms with van der Waals surface area (Å²) in [4.78, 5) is 13.9. The lowest BCUT2D eigenvalue weighted by Crippen LogP contribution is -2.38. The van der Waals surface area contributed by atoms with Crippen LogP contribution in [-0.2, 0) is 4.79 Å². The first-order valence-electron chi connectivity index (χ1n) is 5.88. The van der Waals surface area contributed by atoms with Crippen LogP contribution in [0.5, 0.6) is 5.75 Å². The largest absolute Gasteiger partial charge is 0.481 e. The van der Waals surface area contributed by atoms with Crippen LogP contribution in [0.15, 0.2) is 24.3 Å². The van der Waals surface area contributed by atoms with Gasteiger partial charge in [0.25, 0.3) is 5.91 Å². The molecule has 92 valence electrons. The maximum Gasteiger partial charge on any atom is 0.263 e. The molecule has 2 rings (SSSR count). The van der Waals surface area contributed by atoms with Crippen LogP contribution in [0.4, 0.5) is 0 Å². The van der Waals surface area contributed by atoms with Gasteiger partial charge >= 0.3 is 0 Å². The van der Waals surface area contributed by atoms with Crippen LogP contribution in [0.2, 0.25) is 5.02 Å². The van der Waals surface area contributed by atoms with E-state index in [1.165, 1.54) is 0 Å². The zero-order valence-corrected chi connectivity index (χ0v) is 10.6. The van der Waals surface area contributed by atoms with Gasteiger partial charge in [-0.1, -0.05) is 11.6 Å². The summed E-state index contributed by atoms with van der Waals surface area (Å²) in [5, 5.41) is 0.663. The highest BCUT2D eigenvalue weighted by atomic mass is 35.5. The summed E-state index contributed by atoms with van der Waals surface area (Å²) in [6.07, 6.45) is 1.76. The monoisotopic (exact) mass is 253 g/mol. The molecule has 1 amide bonds. The molecule has 1 atom stereocenters. The first-order chi connectivity index (χ1) is 8.16. The number of ether oxygens (including phenoxy) is 1. The molecule has 1 aliphatic heterocycles. The SMILES string of the molecule is C[C@@H](Oc1ccc(Cl)cc1)C(=O)N1CCCC1. The van der Waals surface area contributed by atoms with Crippen molar-refractivity contribution in [2.75, 3.05) is 13.1 Å². The normalized spacial score (nSPS) is 16.9. The van der Waals surface area contributed by atoms with E-state index in [1.54, 1.807) is 31.2 Å². The third kappa shape index (κ3) is 3.13. The number of hydrogen-bond donors (Lipinski definition) is 0. The highest BCUT2D eigenvalue weighted by Gasteiger charge is 2.24. The Morgan fingerprint density at radius 3 is 2.47 bits per heavy atom. The Balaban J connectivity index is 1.93. The van der Waals surface area contributed by atoms with E-state index in [0.29, 0.717) is 10.8 Å². The number of benzene rings is 1. The van der Waals surface area contributed by atoms with Gasteiger partial charge in [-0.05, 0) is 44.0 Å². The first kappa shape index (κ1) is 12.2. The molecule has 0 saturated carbocycles. The summed E-state index contributed by atoms with van der Waals surface area (Å²) >= 11 is 5.78. The van der Waals surface area contributed by atoms with Gasteiger partial charge in [0.2, 0.25) is 0 Å². The minimum Gasteiger partial charge on any atom is -0.481 e. The molecule has 1 aliphatic rings. The van der Waals surface area contributed by atoms with Crippen LogP contribution < -0.4 is 4.74 Å². The smallest absolute Gasteiger partial charge is 0.263 e. The molecular formula is C13H16ClNO2. The van der Waals surface area contributed by atoms with Crippen molar-refractivity contribution in [3.8, 4) is 5.75 Å². The first-order valence-corrected chi connectivity index (χ1v) is 6.25. The predicted octanol–water partition coefficient (Wildman–Crippen LogP) is 2.73. The van der Waals surface area contributed by atoms with Crippen molar-refractivity contribution < 1.29 is 9.53 Å². The Morgan fingerprint density at radius 1 is 1.29 bits per heavy atom. The minimum atomic E-state index is -0.436. The number of hydrogen-bond acceptors (Lipinski definition) is 2. The van der Waals surface area contributed by atoms with E-state index in [0.717, 1.165) is 25.9 Å². The molecule has 0 bridgehead atoms. The van der Waals surface area contributed by atoms with Gasteiger partial charge in [0.15, 0.2) is 6.10 Å². The van der Waals surface area contributed by atoms with Gasteiger partial charge < -0.3 is 9.64 Å². The Hall–Kier alpha value is -1.22. The molecular weight excluding hydrogens is 238 g/mol. The zero-order chi connectivity index (χ0) is 12.3. The predicted molar refractivity (Wildman–Crippen MR) is 67.4 cm³/mol. The van der Waals surface area contributed by atoms with Crippen LogP contribution in [0.3, 0.4) is 0 Å². The molecule has 1 heterocycles. The molecule has 0 aliphatic carbocycles. The van der Waals surface area contributed by atoms with Crippen LogP contribution in [0.1, 0.15) is 19.8 Å². The van der Waals surface area contributed by atoms with Gasteiger partial charge in [-0.3, -0.25) is 4.79 Å². The molecule has 4 heteroatoms. The number of likely N-dealkylation sites (tertiary alicyclic amines) is 1. The summed E-state index contributed by atoms with van der Waals surface area (Å²) in [5.41, 5.74) is 0. The van der Waals surface area contributed by atoms with Crippen LogP contribution in [0.25, 0.3) is 0 Å². The Labute approximate surface area is 106 Å². The van der Waals surface area contributed by atoms with Crippen molar-refractivity contribution in [3.05, 3.63) is 29.3 Å². The van der Waals surface area contributed by atoms with Gasteiger partial charge in [-0.2, -0.15) is 0 Å². The molecule has 1 saturated heterocycles. The fourth-order valence-corrected chi connectivity index (χ4v) is 2.09. The molecule has 0 spiro atoms. The number of halogens is 1. The average Bonchev–Trinajstić information content (AvgIpc) is 2.84. The summed E-state index contributed by atoms with van der Waals surface area (Å²) in [5.74, 6) is 0.742. The Kier molecular flexibility index (Phi) is 3.89. The third-order valence-electron chi connectivity index (χ3n) is 2.89. The van der Waals surface area contributed by atoms with Gasteiger partial charge in [-0.15, -0.1) is 0 Å². The minimum absolute atomic E-state index is 0.0671. The van der Waals surface area contributed by atoms with Crippen LogP contribution >= 0.6 is 11.6 Å². The van der Waals surface area contributed by atoms with E-state index in [9.17, 15) is 4.79 Å². The summed E-state index contributed by atoms with van der Waals surface area (Å²) in [6.45, 7) is 3.50. The zero-order valence-electron chi connectivity index (χ0n) is 9.86. The van der Waals surface area contributed by atoms with Crippen molar-refractivity contribution in [3.63, 3.8) is 0 Å². The molecule has 3 nitrogen and oxygen atoms in total. The van der Waals surface area contributed by atoms with Gasteiger partial charge in [0.1, 0.15) is 5.75 Å². The lowest BCUT2D eigenvalue weighted by Gasteiger charge is -2.21. The molecule has 1 fully saturated rings. The van der Waals surface area contributed by atoms with Gasteiger partial charge in [0.05, 0.1) is 0 Å². The number of carbonyl (C=O) groups excluding carboxylic acids is 1. The summed E-state index contributed by atoms with van der Waals surface area (Å²) in [6, 6.07) is 7.06. The molecule has 17 heavy (non-hydrogen) atoms. The fraction of sp³-hybridized carbons (Fsp3) is 0.462. The van der Waals surface area contributed by atoms with E-state index in [4.69, 9.17) is 16.3 Å². The van der Waals surface area contributed by atoms with E-state index in [1.807, 2.05) is 4.90 Å². The topological polar surface area (TPSA) is 29.5 Å².